The Morgan fingerprint density at radius 2 is 1.90 bits per heavy atom. The van der Waals surface area contributed by atoms with Crippen LogP contribution in [0.2, 0.25) is 0 Å². The molecular formula is C15H13FN2O3. The number of hydrogen-bond acceptors (Lipinski definition) is 3. The fourth-order valence-electron chi connectivity index (χ4n) is 1.79. The number of carbonyl (C=O) groups is 2. The Bertz CT molecular complexity index is 729. The van der Waals surface area contributed by atoms with Gasteiger partial charge in [-0.15, -0.1) is 0 Å². The minimum absolute atomic E-state index is 0.0358. The van der Waals surface area contributed by atoms with Crippen LogP contribution in [0.4, 0.5) is 15.8 Å². The third kappa shape index (κ3) is 3.17. The van der Waals surface area contributed by atoms with Gasteiger partial charge in [0.25, 0.3) is 5.91 Å². The maximum atomic E-state index is 13.7. The molecule has 1 amide bonds. The Balaban J connectivity index is 2.31. The van der Waals surface area contributed by atoms with E-state index in [4.69, 9.17) is 10.8 Å². The van der Waals surface area contributed by atoms with Gasteiger partial charge in [0.2, 0.25) is 0 Å². The van der Waals surface area contributed by atoms with Gasteiger partial charge < -0.3 is 16.2 Å². The number of nitrogen functional groups attached to an aromatic ring is 1. The van der Waals surface area contributed by atoms with Gasteiger partial charge in [-0.1, -0.05) is 6.07 Å². The van der Waals surface area contributed by atoms with E-state index in [1.807, 2.05) is 0 Å². The summed E-state index contributed by atoms with van der Waals surface area (Å²) in [4.78, 5) is 23.0. The summed E-state index contributed by atoms with van der Waals surface area (Å²) in [5, 5.41) is 11.4. The average Bonchev–Trinajstić information content (AvgIpc) is 2.40. The Hall–Kier alpha value is -2.89. The summed E-state index contributed by atoms with van der Waals surface area (Å²) in [5.41, 5.74) is 6.50. The predicted octanol–water partition coefficient (Wildman–Crippen LogP) is 2.67. The van der Waals surface area contributed by atoms with E-state index in [-0.39, 0.29) is 16.8 Å². The lowest BCUT2D eigenvalue weighted by Gasteiger charge is -2.10. The second-order valence-electron chi connectivity index (χ2n) is 4.53. The number of carboxylic acids is 1. The molecule has 5 nitrogen and oxygen atoms in total. The number of halogens is 1. The van der Waals surface area contributed by atoms with Crippen molar-refractivity contribution < 1.29 is 19.1 Å². The summed E-state index contributed by atoms with van der Waals surface area (Å²) in [6.07, 6.45) is 0. The van der Waals surface area contributed by atoms with Crippen molar-refractivity contribution in [1.29, 1.82) is 0 Å². The number of carbonyl (C=O) groups excluding carboxylic acids is 1. The summed E-state index contributed by atoms with van der Waals surface area (Å²) in [6.45, 7) is 1.71. The van der Waals surface area contributed by atoms with Crippen LogP contribution in [-0.4, -0.2) is 17.0 Å². The van der Waals surface area contributed by atoms with Crippen molar-refractivity contribution in [2.45, 2.75) is 6.92 Å². The number of aromatic carboxylic acids is 1. The van der Waals surface area contributed by atoms with E-state index in [1.165, 1.54) is 24.3 Å². The van der Waals surface area contributed by atoms with Crippen LogP contribution in [0.1, 0.15) is 26.3 Å². The molecule has 6 heteroatoms. The van der Waals surface area contributed by atoms with E-state index in [0.29, 0.717) is 11.3 Å². The van der Waals surface area contributed by atoms with Crippen LogP contribution in [0.5, 0.6) is 0 Å². The van der Waals surface area contributed by atoms with Gasteiger partial charge in [0, 0.05) is 11.4 Å². The molecule has 2 aromatic carbocycles. The van der Waals surface area contributed by atoms with Crippen LogP contribution in [-0.2, 0) is 0 Å². The van der Waals surface area contributed by atoms with Crippen molar-refractivity contribution >= 4 is 23.3 Å². The highest BCUT2D eigenvalue weighted by Crippen LogP contribution is 2.19. The first kappa shape index (κ1) is 14.5. The van der Waals surface area contributed by atoms with Crippen molar-refractivity contribution in [1.82, 2.24) is 0 Å². The van der Waals surface area contributed by atoms with Crippen LogP contribution in [0.25, 0.3) is 0 Å². The topological polar surface area (TPSA) is 92.4 Å². The third-order valence-electron chi connectivity index (χ3n) is 2.97. The number of aryl methyl sites for hydroxylation is 1. The van der Waals surface area contributed by atoms with Crippen LogP contribution in [0, 0.1) is 12.7 Å². The molecule has 0 heterocycles. The molecule has 0 aromatic heterocycles. The number of amides is 1. The van der Waals surface area contributed by atoms with Crippen LogP contribution < -0.4 is 11.1 Å². The summed E-state index contributed by atoms with van der Waals surface area (Å²) in [6, 6.07) is 8.06. The van der Waals surface area contributed by atoms with E-state index in [2.05, 4.69) is 5.32 Å². The Labute approximate surface area is 120 Å². The first-order chi connectivity index (χ1) is 9.88. The zero-order valence-corrected chi connectivity index (χ0v) is 11.2. The maximum Gasteiger partial charge on any atom is 0.335 e. The minimum atomic E-state index is -1.11. The molecule has 4 N–H and O–H groups in total. The number of benzene rings is 2. The van der Waals surface area contributed by atoms with E-state index in [1.54, 1.807) is 13.0 Å². The molecule has 0 aliphatic carbocycles. The Morgan fingerprint density at radius 3 is 2.52 bits per heavy atom. The van der Waals surface area contributed by atoms with Crippen molar-refractivity contribution in [2.24, 2.45) is 0 Å². The van der Waals surface area contributed by atoms with Crippen molar-refractivity contribution in [3.8, 4) is 0 Å². The molecular weight excluding hydrogens is 275 g/mol. The average molecular weight is 288 g/mol. The maximum absolute atomic E-state index is 13.7. The highest BCUT2D eigenvalue weighted by molar-refractivity contribution is 6.05. The molecule has 0 unspecified atom stereocenters. The molecule has 0 radical (unpaired) electrons. The summed E-state index contributed by atoms with van der Waals surface area (Å²) in [7, 11) is 0. The summed E-state index contributed by atoms with van der Waals surface area (Å²) < 4.78 is 13.7. The van der Waals surface area contributed by atoms with Crippen LogP contribution in [0.3, 0.4) is 0 Å². The number of hydrogen-bond donors (Lipinski definition) is 3. The fourth-order valence-corrected chi connectivity index (χ4v) is 1.79. The molecule has 0 aliphatic heterocycles. The van der Waals surface area contributed by atoms with Gasteiger partial charge in [-0.05, 0) is 42.8 Å². The Kier molecular flexibility index (Phi) is 3.89. The van der Waals surface area contributed by atoms with Gasteiger partial charge in [-0.2, -0.15) is 0 Å². The second-order valence-corrected chi connectivity index (χ2v) is 4.53. The number of carboxylic acid groups (broad SMARTS) is 1. The zero-order valence-electron chi connectivity index (χ0n) is 11.2. The molecule has 0 atom stereocenters. The monoisotopic (exact) mass is 288 g/mol. The number of rotatable bonds is 3. The van der Waals surface area contributed by atoms with Gasteiger partial charge >= 0.3 is 5.97 Å². The van der Waals surface area contributed by atoms with E-state index in [9.17, 15) is 14.0 Å². The van der Waals surface area contributed by atoms with Crippen LogP contribution in [0.15, 0.2) is 36.4 Å². The lowest BCUT2D eigenvalue weighted by Crippen LogP contribution is -2.15. The molecule has 0 spiro atoms. The van der Waals surface area contributed by atoms with Crippen LogP contribution >= 0.6 is 0 Å². The molecule has 0 aliphatic rings. The first-order valence-electron chi connectivity index (χ1n) is 6.09. The fraction of sp³-hybridized carbons (Fsp3) is 0.0667. The predicted molar refractivity (Wildman–Crippen MR) is 76.9 cm³/mol. The van der Waals surface area contributed by atoms with Crippen molar-refractivity contribution in [3.05, 3.63) is 58.9 Å². The largest absolute Gasteiger partial charge is 0.478 e. The molecule has 108 valence electrons. The Morgan fingerprint density at radius 1 is 1.19 bits per heavy atom. The number of nitrogens with one attached hydrogen (secondary N) is 1. The number of nitrogens with two attached hydrogens (primary N) is 1. The van der Waals surface area contributed by atoms with Crippen molar-refractivity contribution in [3.63, 3.8) is 0 Å². The number of anilines is 2. The third-order valence-corrected chi connectivity index (χ3v) is 2.97. The quantitative estimate of drug-likeness (QED) is 0.757. The lowest BCUT2D eigenvalue weighted by atomic mass is 10.1. The SMILES string of the molecule is Cc1ccc(C(=O)O)cc1NC(=O)c1ccc(N)cc1F. The first-order valence-corrected chi connectivity index (χ1v) is 6.09. The van der Waals surface area contributed by atoms with Gasteiger partial charge in [-0.3, -0.25) is 4.79 Å². The summed E-state index contributed by atoms with van der Waals surface area (Å²) in [5.74, 6) is -2.51. The molecule has 0 fully saturated rings. The highest BCUT2D eigenvalue weighted by atomic mass is 19.1. The molecule has 2 rings (SSSR count). The standard InChI is InChI=1S/C15H13FN2O3/c1-8-2-3-9(15(20)21)6-13(8)18-14(19)11-5-4-10(17)7-12(11)16/h2-7H,17H2,1H3,(H,18,19)(H,20,21). The lowest BCUT2D eigenvalue weighted by molar-refractivity contribution is 0.0696. The highest BCUT2D eigenvalue weighted by Gasteiger charge is 2.14. The van der Waals surface area contributed by atoms with Gasteiger partial charge in [0.15, 0.2) is 0 Å². The molecule has 0 saturated heterocycles. The smallest absolute Gasteiger partial charge is 0.335 e. The minimum Gasteiger partial charge on any atom is -0.478 e. The zero-order chi connectivity index (χ0) is 15.6. The molecule has 0 bridgehead atoms. The van der Waals surface area contributed by atoms with Gasteiger partial charge in [-0.25, -0.2) is 9.18 Å². The molecule has 0 saturated carbocycles. The van der Waals surface area contributed by atoms with Crippen molar-refractivity contribution in [2.75, 3.05) is 11.1 Å². The normalized spacial score (nSPS) is 10.2. The van der Waals surface area contributed by atoms with Gasteiger partial charge in [0.05, 0.1) is 11.1 Å². The van der Waals surface area contributed by atoms with E-state index < -0.39 is 17.7 Å². The molecule has 21 heavy (non-hydrogen) atoms. The second kappa shape index (κ2) is 5.62. The molecule has 2 aromatic rings. The summed E-state index contributed by atoms with van der Waals surface area (Å²) >= 11 is 0. The van der Waals surface area contributed by atoms with E-state index >= 15 is 0 Å². The van der Waals surface area contributed by atoms with E-state index in [0.717, 1.165) is 6.07 Å². The van der Waals surface area contributed by atoms with Gasteiger partial charge in [0.1, 0.15) is 5.82 Å².